The summed E-state index contributed by atoms with van der Waals surface area (Å²) in [4.78, 5) is 22.8. The van der Waals surface area contributed by atoms with Gasteiger partial charge in [-0.1, -0.05) is 70.7 Å². The van der Waals surface area contributed by atoms with Crippen LogP contribution in [0.1, 0.15) is 70.3 Å². The smallest absolute Gasteiger partial charge is 0.281 e. The zero-order valence-electron chi connectivity index (χ0n) is 19.9. The van der Waals surface area contributed by atoms with Gasteiger partial charge in [0.1, 0.15) is 5.82 Å². The zero-order chi connectivity index (χ0) is 23.0. The molecule has 1 aliphatic heterocycles. The highest BCUT2D eigenvalue weighted by Crippen LogP contribution is 2.29. The van der Waals surface area contributed by atoms with Crippen molar-refractivity contribution >= 4 is 11.2 Å². The van der Waals surface area contributed by atoms with Crippen LogP contribution >= 0.6 is 0 Å². The lowest BCUT2D eigenvalue weighted by Crippen LogP contribution is -2.34. The highest BCUT2D eigenvalue weighted by molar-refractivity contribution is 5.68. The van der Waals surface area contributed by atoms with Crippen molar-refractivity contribution < 1.29 is 0 Å². The molecule has 0 unspecified atom stereocenters. The Balaban J connectivity index is 1.56. The van der Waals surface area contributed by atoms with Crippen LogP contribution in [0.5, 0.6) is 0 Å². The van der Waals surface area contributed by atoms with Gasteiger partial charge in [-0.3, -0.25) is 4.79 Å². The third kappa shape index (κ3) is 4.47. The van der Waals surface area contributed by atoms with E-state index in [-0.39, 0.29) is 16.9 Å². The molecule has 1 saturated heterocycles. The number of piperidine rings is 1. The lowest BCUT2D eigenvalue weighted by atomic mass is 9.87. The minimum Gasteiger partial charge on any atom is -0.375 e. The van der Waals surface area contributed by atoms with E-state index in [0.29, 0.717) is 23.6 Å². The molecule has 1 aliphatic rings. The molecule has 0 aliphatic carbocycles. The van der Waals surface area contributed by atoms with E-state index in [4.69, 9.17) is 4.98 Å². The Morgan fingerprint density at radius 3 is 2.44 bits per heavy atom. The fraction of sp³-hybridized carbons (Fsp3) is 0.520. The average molecular weight is 435 g/mol. The van der Waals surface area contributed by atoms with Crippen molar-refractivity contribution in [3.05, 3.63) is 63.8 Å². The Morgan fingerprint density at radius 2 is 1.84 bits per heavy atom. The van der Waals surface area contributed by atoms with Gasteiger partial charge in [-0.15, -0.1) is 5.10 Å². The molecule has 0 bridgehead atoms. The van der Waals surface area contributed by atoms with Crippen LogP contribution in [0.2, 0.25) is 0 Å². The number of nitrogens with one attached hydrogen (secondary N) is 1. The summed E-state index contributed by atoms with van der Waals surface area (Å²) in [6, 6.07) is 8.52. The molecule has 7 heteroatoms. The zero-order valence-corrected chi connectivity index (χ0v) is 19.9. The SMILES string of the molecule is C=C(C(C)C)N1CCC(c2nc3c(nnn3Cc3ccc(C(C)(C)C)cc3)c(=O)[nH]2)CC1. The molecule has 32 heavy (non-hydrogen) atoms. The maximum absolute atomic E-state index is 12.7. The molecule has 170 valence electrons. The van der Waals surface area contributed by atoms with Gasteiger partial charge in [-0.05, 0) is 35.3 Å². The first-order valence-electron chi connectivity index (χ1n) is 11.5. The number of benzene rings is 1. The number of H-pyrrole nitrogens is 1. The Kier molecular flexibility index (Phi) is 5.93. The Morgan fingerprint density at radius 1 is 1.19 bits per heavy atom. The van der Waals surface area contributed by atoms with Crippen LogP contribution in [-0.4, -0.2) is 43.0 Å². The predicted molar refractivity (Wildman–Crippen MR) is 128 cm³/mol. The van der Waals surface area contributed by atoms with E-state index >= 15 is 0 Å². The van der Waals surface area contributed by atoms with E-state index in [9.17, 15) is 4.79 Å². The standard InChI is InChI=1S/C25H34N6O/c1-16(2)17(3)30-13-11-19(12-14-30)22-26-23-21(24(32)27-22)28-29-31(23)15-18-7-9-20(10-8-18)25(4,5)6/h7-10,16,19H,3,11-15H2,1-2,4-6H3,(H,26,27,32). The Bertz CT molecular complexity index is 1160. The number of aromatic nitrogens is 5. The van der Waals surface area contributed by atoms with Gasteiger partial charge >= 0.3 is 0 Å². The van der Waals surface area contributed by atoms with Crippen LogP contribution in [0.25, 0.3) is 11.2 Å². The first-order chi connectivity index (χ1) is 15.1. The van der Waals surface area contributed by atoms with Crippen molar-refractivity contribution in [2.75, 3.05) is 13.1 Å². The molecule has 2 aromatic heterocycles. The minimum absolute atomic E-state index is 0.110. The van der Waals surface area contributed by atoms with Crippen LogP contribution in [0.3, 0.4) is 0 Å². The molecule has 4 rings (SSSR count). The van der Waals surface area contributed by atoms with Crippen molar-refractivity contribution in [3.8, 4) is 0 Å². The van der Waals surface area contributed by atoms with E-state index in [0.717, 1.165) is 37.3 Å². The molecule has 0 radical (unpaired) electrons. The lowest BCUT2D eigenvalue weighted by molar-refractivity contribution is 0.241. The summed E-state index contributed by atoms with van der Waals surface area (Å²) in [6.45, 7) is 17.6. The van der Waals surface area contributed by atoms with Crippen molar-refractivity contribution in [1.29, 1.82) is 0 Å². The van der Waals surface area contributed by atoms with Crippen molar-refractivity contribution in [2.24, 2.45) is 5.92 Å². The number of hydrogen-bond acceptors (Lipinski definition) is 5. The molecule has 1 N–H and O–H groups in total. The summed E-state index contributed by atoms with van der Waals surface area (Å²) in [5, 5.41) is 8.33. The van der Waals surface area contributed by atoms with Crippen LogP contribution < -0.4 is 5.56 Å². The molecule has 0 spiro atoms. The molecule has 7 nitrogen and oxygen atoms in total. The highest BCUT2D eigenvalue weighted by atomic mass is 16.1. The average Bonchev–Trinajstić information content (AvgIpc) is 3.16. The first kappa shape index (κ1) is 22.2. The molecule has 1 aromatic carbocycles. The monoisotopic (exact) mass is 434 g/mol. The molecule has 0 atom stereocenters. The lowest BCUT2D eigenvalue weighted by Gasteiger charge is -2.35. The van der Waals surface area contributed by atoms with Gasteiger partial charge in [0.05, 0.1) is 6.54 Å². The summed E-state index contributed by atoms with van der Waals surface area (Å²) in [5.41, 5.74) is 4.32. The van der Waals surface area contributed by atoms with Gasteiger partial charge in [-0.25, -0.2) is 9.67 Å². The molecule has 0 saturated carbocycles. The summed E-state index contributed by atoms with van der Waals surface area (Å²) >= 11 is 0. The first-order valence-corrected chi connectivity index (χ1v) is 11.5. The number of nitrogens with zero attached hydrogens (tertiary/aromatic N) is 5. The topological polar surface area (TPSA) is 79.7 Å². The maximum Gasteiger partial charge on any atom is 0.281 e. The second-order valence-electron chi connectivity index (χ2n) is 10.2. The second kappa shape index (κ2) is 8.52. The number of hydrogen-bond donors (Lipinski definition) is 1. The molecular weight excluding hydrogens is 400 g/mol. The summed E-state index contributed by atoms with van der Waals surface area (Å²) < 4.78 is 1.73. The van der Waals surface area contributed by atoms with Gasteiger partial charge in [0, 0.05) is 24.7 Å². The van der Waals surface area contributed by atoms with Crippen molar-refractivity contribution in [1.82, 2.24) is 29.9 Å². The van der Waals surface area contributed by atoms with Crippen molar-refractivity contribution in [2.45, 2.75) is 65.3 Å². The molecular formula is C25H34N6O. The molecule has 0 amide bonds. The Hall–Kier alpha value is -2.96. The largest absolute Gasteiger partial charge is 0.375 e. The predicted octanol–water partition coefficient (Wildman–Crippen LogP) is 4.21. The van der Waals surface area contributed by atoms with Gasteiger partial charge in [-0.2, -0.15) is 0 Å². The summed E-state index contributed by atoms with van der Waals surface area (Å²) in [7, 11) is 0. The van der Waals surface area contributed by atoms with E-state index in [1.165, 1.54) is 11.3 Å². The van der Waals surface area contributed by atoms with Crippen molar-refractivity contribution in [3.63, 3.8) is 0 Å². The summed E-state index contributed by atoms with van der Waals surface area (Å²) in [6.07, 6.45) is 1.88. The molecule has 3 aromatic rings. The van der Waals surface area contributed by atoms with E-state index in [2.05, 4.69) is 85.7 Å². The highest BCUT2D eigenvalue weighted by Gasteiger charge is 2.25. The fourth-order valence-corrected chi connectivity index (χ4v) is 4.27. The number of allylic oxidation sites excluding steroid dienone is 1. The maximum atomic E-state index is 12.7. The van der Waals surface area contributed by atoms with E-state index in [1.54, 1.807) is 4.68 Å². The van der Waals surface area contributed by atoms with Gasteiger partial charge in [0.25, 0.3) is 5.56 Å². The van der Waals surface area contributed by atoms with E-state index in [1.807, 2.05) is 0 Å². The summed E-state index contributed by atoms with van der Waals surface area (Å²) in [5.74, 6) is 1.40. The van der Waals surface area contributed by atoms with Gasteiger partial charge < -0.3 is 9.88 Å². The van der Waals surface area contributed by atoms with E-state index < -0.39 is 0 Å². The fourth-order valence-electron chi connectivity index (χ4n) is 4.27. The van der Waals surface area contributed by atoms with Gasteiger partial charge in [0.2, 0.25) is 0 Å². The van der Waals surface area contributed by atoms with Gasteiger partial charge in [0.15, 0.2) is 11.2 Å². The normalized spacial score (nSPS) is 15.6. The number of likely N-dealkylation sites (tertiary alicyclic amines) is 1. The Labute approximate surface area is 189 Å². The molecule has 3 heterocycles. The quantitative estimate of drug-likeness (QED) is 0.651. The third-order valence-corrected chi connectivity index (χ3v) is 6.50. The second-order valence-corrected chi connectivity index (χ2v) is 10.2. The molecule has 1 fully saturated rings. The van der Waals surface area contributed by atoms with Crippen LogP contribution in [0.4, 0.5) is 0 Å². The number of rotatable bonds is 5. The third-order valence-electron chi connectivity index (χ3n) is 6.50. The number of fused-ring (bicyclic) bond motifs is 1. The number of aromatic amines is 1. The van der Waals surface area contributed by atoms with Crippen LogP contribution in [0, 0.1) is 5.92 Å². The van der Waals surface area contributed by atoms with Crippen LogP contribution in [0.15, 0.2) is 41.3 Å². The van der Waals surface area contributed by atoms with Crippen LogP contribution in [-0.2, 0) is 12.0 Å². The minimum atomic E-state index is -0.214.